The number of aromatic nitrogens is 2. The Morgan fingerprint density at radius 1 is 1.15 bits per heavy atom. The van der Waals surface area contributed by atoms with Crippen LogP contribution in [-0.4, -0.2) is 17.0 Å². The van der Waals surface area contributed by atoms with E-state index in [1.165, 1.54) is 6.07 Å². The summed E-state index contributed by atoms with van der Waals surface area (Å²) in [7, 11) is 1.79. The molecule has 0 N–H and O–H groups in total. The van der Waals surface area contributed by atoms with Gasteiger partial charge in [-0.3, -0.25) is 0 Å². The van der Waals surface area contributed by atoms with Gasteiger partial charge in [-0.25, -0.2) is 14.4 Å². The summed E-state index contributed by atoms with van der Waals surface area (Å²) in [6.45, 7) is 6.13. The van der Waals surface area contributed by atoms with Crippen molar-refractivity contribution in [1.82, 2.24) is 9.97 Å². The van der Waals surface area contributed by atoms with Crippen LogP contribution in [0.15, 0.2) is 34.9 Å². The highest BCUT2D eigenvalue weighted by Crippen LogP contribution is 2.28. The number of hydrogen-bond donors (Lipinski definition) is 0. The first kappa shape index (κ1) is 14.9. The highest BCUT2D eigenvalue weighted by molar-refractivity contribution is 9.10. The molecule has 1 aromatic heterocycles. The molecule has 0 aliphatic carbocycles. The second kappa shape index (κ2) is 5.48. The van der Waals surface area contributed by atoms with Crippen molar-refractivity contribution < 1.29 is 4.39 Å². The molecule has 2 rings (SSSR count). The molecule has 0 atom stereocenters. The minimum atomic E-state index is -0.276. The fourth-order valence-corrected chi connectivity index (χ4v) is 2.13. The second-order valence-corrected chi connectivity index (χ2v) is 6.45. The molecule has 0 amide bonds. The summed E-state index contributed by atoms with van der Waals surface area (Å²) in [5.74, 6) is 1.09. The number of nitrogens with zero attached hydrogens (tertiary/aromatic N) is 3. The van der Waals surface area contributed by atoms with Gasteiger partial charge in [-0.2, -0.15) is 0 Å². The van der Waals surface area contributed by atoms with Crippen LogP contribution in [0, 0.1) is 5.82 Å². The molecule has 2 aromatic rings. The van der Waals surface area contributed by atoms with Crippen LogP contribution < -0.4 is 4.90 Å². The number of hydrogen-bond acceptors (Lipinski definition) is 3. The molecule has 0 fully saturated rings. The van der Waals surface area contributed by atoms with Gasteiger partial charge in [0.15, 0.2) is 0 Å². The van der Waals surface area contributed by atoms with Crippen molar-refractivity contribution in [1.29, 1.82) is 0 Å². The van der Waals surface area contributed by atoms with Crippen molar-refractivity contribution in [2.45, 2.75) is 26.2 Å². The van der Waals surface area contributed by atoms with Crippen molar-refractivity contribution in [2.24, 2.45) is 0 Å². The largest absolute Gasteiger partial charge is 0.327 e. The number of para-hydroxylation sites is 1. The van der Waals surface area contributed by atoms with Crippen LogP contribution in [0.2, 0.25) is 0 Å². The zero-order valence-electron chi connectivity index (χ0n) is 12.0. The van der Waals surface area contributed by atoms with Gasteiger partial charge in [0.2, 0.25) is 0 Å². The topological polar surface area (TPSA) is 29.0 Å². The van der Waals surface area contributed by atoms with Gasteiger partial charge in [0.05, 0.1) is 5.69 Å². The van der Waals surface area contributed by atoms with Crippen molar-refractivity contribution in [3.8, 4) is 0 Å². The van der Waals surface area contributed by atoms with Crippen LogP contribution in [0.5, 0.6) is 0 Å². The molecule has 0 radical (unpaired) electrons. The van der Waals surface area contributed by atoms with E-state index in [1.54, 1.807) is 36.2 Å². The fourth-order valence-electron chi connectivity index (χ4n) is 1.76. The second-order valence-electron chi connectivity index (χ2n) is 5.63. The Morgan fingerprint density at radius 2 is 1.80 bits per heavy atom. The zero-order chi connectivity index (χ0) is 14.9. The molecule has 0 bridgehead atoms. The van der Waals surface area contributed by atoms with Gasteiger partial charge >= 0.3 is 0 Å². The van der Waals surface area contributed by atoms with Crippen LogP contribution in [0.4, 0.5) is 15.9 Å². The predicted molar refractivity (Wildman–Crippen MR) is 82.9 cm³/mol. The zero-order valence-corrected chi connectivity index (χ0v) is 13.6. The number of anilines is 2. The average molecular weight is 338 g/mol. The Labute approximate surface area is 127 Å². The van der Waals surface area contributed by atoms with E-state index in [1.807, 2.05) is 20.8 Å². The van der Waals surface area contributed by atoms with E-state index in [4.69, 9.17) is 0 Å². The summed E-state index contributed by atoms with van der Waals surface area (Å²) < 4.78 is 14.6. The number of halogens is 2. The molecule has 20 heavy (non-hydrogen) atoms. The Hall–Kier alpha value is -1.49. The Bertz CT molecular complexity index is 623. The van der Waals surface area contributed by atoms with E-state index in [0.29, 0.717) is 21.9 Å². The summed E-state index contributed by atoms with van der Waals surface area (Å²) in [4.78, 5) is 10.6. The summed E-state index contributed by atoms with van der Waals surface area (Å²) in [6.07, 6.45) is 0. The lowest BCUT2D eigenvalue weighted by Gasteiger charge is -2.22. The molecule has 0 aliphatic rings. The highest BCUT2D eigenvalue weighted by atomic mass is 79.9. The fraction of sp³-hybridized carbons (Fsp3) is 0.333. The normalized spacial score (nSPS) is 11.5. The maximum atomic E-state index is 13.9. The van der Waals surface area contributed by atoms with Crippen LogP contribution in [0.25, 0.3) is 0 Å². The third-order valence-electron chi connectivity index (χ3n) is 2.91. The van der Waals surface area contributed by atoms with Gasteiger partial charge in [-0.15, -0.1) is 0 Å². The van der Waals surface area contributed by atoms with E-state index >= 15 is 0 Å². The van der Waals surface area contributed by atoms with Gasteiger partial charge < -0.3 is 4.90 Å². The molecule has 1 aromatic carbocycles. The maximum Gasteiger partial charge on any atom is 0.146 e. The molecule has 5 heteroatoms. The van der Waals surface area contributed by atoms with Crippen LogP contribution in [0.3, 0.4) is 0 Å². The maximum absolute atomic E-state index is 13.9. The summed E-state index contributed by atoms with van der Waals surface area (Å²) in [5, 5.41) is 0. The van der Waals surface area contributed by atoms with Crippen molar-refractivity contribution in [2.75, 3.05) is 11.9 Å². The summed E-state index contributed by atoms with van der Waals surface area (Å²) in [5.41, 5.74) is 0.312. The van der Waals surface area contributed by atoms with Crippen LogP contribution >= 0.6 is 15.9 Å². The first-order valence-electron chi connectivity index (χ1n) is 6.32. The third-order valence-corrected chi connectivity index (χ3v) is 3.32. The van der Waals surface area contributed by atoms with E-state index < -0.39 is 0 Å². The minimum Gasteiger partial charge on any atom is -0.327 e. The molecule has 0 unspecified atom stereocenters. The molecule has 106 valence electrons. The highest BCUT2D eigenvalue weighted by Gasteiger charge is 2.20. The lowest BCUT2D eigenvalue weighted by atomic mass is 9.96. The first-order valence-corrected chi connectivity index (χ1v) is 7.11. The predicted octanol–water partition coefficient (Wildman–Crippen LogP) is 4.44. The molecule has 0 aliphatic heterocycles. The SMILES string of the molecule is CN(c1cc(Br)nc(C(C)(C)C)n1)c1ccccc1F. The van der Waals surface area contributed by atoms with Gasteiger partial charge in [-0.05, 0) is 28.1 Å². The van der Waals surface area contributed by atoms with Gasteiger partial charge in [0.1, 0.15) is 22.1 Å². The summed E-state index contributed by atoms with van der Waals surface area (Å²) >= 11 is 3.39. The van der Waals surface area contributed by atoms with Gasteiger partial charge in [0, 0.05) is 18.5 Å². The number of rotatable bonds is 2. The van der Waals surface area contributed by atoms with Gasteiger partial charge in [0.25, 0.3) is 0 Å². The van der Waals surface area contributed by atoms with E-state index in [2.05, 4.69) is 25.9 Å². The Morgan fingerprint density at radius 3 is 2.40 bits per heavy atom. The summed E-state index contributed by atoms with van der Waals surface area (Å²) in [6, 6.07) is 8.41. The Balaban J connectivity index is 2.48. The van der Waals surface area contributed by atoms with Crippen LogP contribution in [-0.2, 0) is 5.41 Å². The van der Waals surface area contributed by atoms with E-state index in [0.717, 1.165) is 0 Å². The monoisotopic (exact) mass is 337 g/mol. The average Bonchev–Trinajstić information content (AvgIpc) is 2.37. The molecule has 0 saturated heterocycles. The molecule has 0 saturated carbocycles. The molecular formula is C15H17BrFN3. The van der Waals surface area contributed by atoms with Crippen molar-refractivity contribution in [3.05, 3.63) is 46.6 Å². The van der Waals surface area contributed by atoms with Gasteiger partial charge in [-0.1, -0.05) is 32.9 Å². The van der Waals surface area contributed by atoms with E-state index in [-0.39, 0.29) is 11.2 Å². The molecular weight excluding hydrogens is 321 g/mol. The van der Waals surface area contributed by atoms with Crippen LogP contribution in [0.1, 0.15) is 26.6 Å². The Kier molecular flexibility index (Phi) is 4.09. The first-order chi connectivity index (χ1) is 9.29. The van der Waals surface area contributed by atoms with E-state index in [9.17, 15) is 4.39 Å². The molecule has 3 nitrogen and oxygen atoms in total. The van der Waals surface area contributed by atoms with Crippen molar-refractivity contribution >= 4 is 27.4 Å². The smallest absolute Gasteiger partial charge is 0.146 e. The minimum absolute atomic E-state index is 0.172. The van der Waals surface area contributed by atoms with Crippen molar-refractivity contribution in [3.63, 3.8) is 0 Å². The lowest BCUT2D eigenvalue weighted by molar-refractivity contribution is 0.543. The molecule has 0 spiro atoms. The standard InChI is InChI=1S/C15H17BrFN3/c1-15(2,3)14-18-12(16)9-13(19-14)20(4)11-8-6-5-7-10(11)17/h5-9H,1-4H3. The number of benzene rings is 1. The lowest BCUT2D eigenvalue weighted by Crippen LogP contribution is -2.20. The molecule has 1 heterocycles. The third kappa shape index (κ3) is 3.15. The quantitative estimate of drug-likeness (QED) is 0.758.